The maximum atomic E-state index is 13.3. The van der Waals surface area contributed by atoms with Gasteiger partial charge in [-0.15, -0.1) is 6.42 Å². The molecule has 0 saturated heterocycles. The fraction of sp³-hybridized carbons (Fsp3) is 0.560. The van der Waals surface area contributed by atoms with Crippen molar-refractivity contribution >= 4 is 28.6 Å². The van der Waals surface area contributed by atoms with Gasteiger partial charge in [-0.25, -0.2) is 4.98 Å². The van der Waals surface area contributed by atoms with E-state index in [1.165, 1.54) is 11.8 Å². The summed E-state index contributed by atoms with van der Waals surface area (Å²) in [4.78, 5) is 33.0. The summed E-state index contributed by atoms with van der Waals surface area (Å²) in [5.74, 6) is 2.71. The molecule has 0 spiro atoms. The number of carbonyl (C=O) groups is 1. The molecule has 0 radical (unpaired) electrons. The Balaban J connectivity index is 2.32. The van der Waals surface area contributed by atoms with E-state index in [0.29, 0.717) is 47.5 Å². The predicted octanol–water partition coefficient (Wildman–Crippen LogP) is 3.92. The molecule has 0 fully saturated rings. The molecule has 1 heterocycles. The molecule has 1 aromatic carbocycles. The van der Waals surface area contributed by atoms with Gasteiger partial charge in [0.1, 0.15) is 5.54 Å². The number of thioether (sulfide) groups is 1. The molecule has 0 bridgehead atoms. The van der Waals surface area contributed by atoms with Gasteiger partial charge in [0.2, 0.25) is 5.91 Å². The molecule has 174 valence electrons. The van der Waals surface area contributed by atoms with Gasteiger partial charge >= 0.3 is 0 Å². The second-order valence-electron chi connectivity index (χ2n) is 8.56. The monoisotopic (exact) mass is 456 g/mol. The quantitative estimate of drug-likeness (QED) is 0.315. The number of nitrogens with zero attached hydrogens (tertiary/aromatic N) is 3. The van der Waals surface area contributed by atoms with Crippen molar-refractivity contribution in [2.24, 2.45) is 0 Å². The number of fused-ring (bicyclic) bond motifs is 1. The van der Waals surface area contributed by atoms with E-state index in [2.05, 4.69) is 43.8 Å². The summed E-state index contributed by atoms with van der Waals surface area (Å²) in [6, 6.07) is 8.07. The third kappa shape index (κ3) is 6.14. The van der Waals surface area contributed by atoms with Crippen LogP contribution in [0.2, 0.25) is 0 Å². The number of benzene rings is 1. The Kier molecular flexibility index (Phi) is 9.35. The highest BCUT2D eigenvalue weighted by atomic mass is 32.2. The zero-order valence-electron chi connectivity index (χ0n) is 20.1. The lowest BCUT2D eigenvalue weighted by Crippen LogP contribution is -2.47. The fourth-order valence-electron chi connectivity index (χ4n) is 3.88. The van der Waals surface area contributed by atoms with Crippen LogP contribution in [0.25, 0.3) is 10.9 Å². The van der Waals surface area contributed by atoms with Crippen LogP contribution in [-0.2, 0) is 11.3 Å². The van der Waals surface area contributed by atoms with E-state index in [1.54, 1.807) is 10.6 Å². The number of terminal acetylenes is 1. The number of hydrogen-bond donors (Lipinski definition) is 1. The van der Waals surface area contributed by atoms with Crippen LogP contribution in [0.15, 0.2) is 34.2 Å². The lowest BCUT2D eigenvalue weighted by Gasteiger charge is -2.31. The first-order valence-electron chi connectivity index (χ1n) is 11.3. The lowest BCUT2D eigenvalue weighted by atomic mass is 9.94. The average molecular weight is 457 g/mol. The number of hydrogen-bond acceptors (Lipinski definition) is 5. The number of rotatable bonds is 11. The van der Waals surface area contributed by atoms with Crippen molar-refractivity contribution in [3.05, 3.63) is 34.6 Å². The van der Waals surface area contributed by atoms with Crippen LogP contribution in [0.5, 0.6) is 0 Å². The largest absolute Gasteiger partial charge is 0.339 e. The van der Waals surface area contributed by atoms with Crippen molar-refractivity contribution in [2.45, 2.75) is 83.7 Å². The highest BCUT2D eigenvalue weighted by Gasteiger charge is 2.25. The highest BCUT2D eigenvalue weighted by molar-refractivity contribution is 7.99. The van der Waals surface area contributed by atoms with Gasteiger partial charge < -0.3 is 5.32 Å². The van der Waals surface area contributed by atoms with E-state index in [4.69, 9.17) is 11.4 Å². The van der Waals surface area contributed by atoms with Crippen molar-refractivity contribution < 1.29 is 4.79 Å². The number of amides is 1. The Hall–Kier alpha value is -2.30. The Morgan fingerprint density at radius 2 is 1.84 bits per heavy atom. The topological polar surface area (TPSA) is 67.2 Å². The zero-order chi connectivity index (χ0) is 23.9. The second-order valence-corrected chi connectivity index (χ2v) is 9.51. The average Bonchev–Trinajstić information content (AvgIpc) is 2.77. The minimum absolute atomic E-state index is 0.0777. The predicted molar refractivity (Wildman–Crippen MR) is 134 cm³/mol. The molecule has 2 aromatic rings. The molecule has 2 rings (SSSR count). The van der Waals surface area contributed by atoms with Gasteiger partial charge in [-0.05, 0) is 52.7 Å². The summed E-state index contributed by atoms with van der Waals surface area (Å²) in [7, 11) is 0. The molecule has 32 heavy (non-hydrogen) atoms. The van der Waals surface area contributed by atoms with Crippen LogP contribution in [-0.4, -0.2) is 50.3 Å². The van der Waals surface area contributed by atoms with Crippen LogP contribution >= 0.6 is 11.8 Å². The Morgan fingerprint density at radius 1 is 1.22 bits per heavy atom. The van der Waals surface area contributed by atoms with Gasteiger partial charge in [-0.2, -0.15) is 0 Å². The second kappa shape index (κ2) is 11.5. The van der Waals surface area contributed by atoms with Crippen molar-refractivity contribution in [3.63, 3.8) is 0 Å². The van der Waals surface area contributed by atoms with Gasteiger partial charge in [0.15, 0.2) is 5.16 Å². The van der Waals surface area contributed by atoms with E-state index in [-0.39, 0.29) is 17.2 Å². The maximum absolute atomic E-state index is 13.3. The van der Waals surface area contributed by atoms with Crippen LogP contribution in [0, 0.1) is 12.3 Å². The van der Waals surface area contributed by atoms with Gasteiger partial charge in [0, 0.05) is 25.2 Å². The number of carbonyl (C=O) groups excluding carboxylic acids is 1. The standard InChI is InChI=1S/C25H36N4O2S/c1-8-25(9-2,10-3)27-22(30)17-32-24-26-21-14-12-11-13-20(21)23(31)29(24)16-15-28(18(4)5)19(6)7/h1,11-14,18-19H,9-10,15-17H2,2-7H3,(H,27,30). The Bertz CT molecular complexity index is 1010. The van der Waals surface area contributed by atoms with Gasteiger partial charge in [0.25, 0.3) is 5.56 Å². The molecule has 7 heteroatoms. The Morgan fingerprint density at radius 3 is 2.41 bits per heavy atom. The van der Waals surface area contributed by atoms with Gasteiger partial charge in [-0.3, -0.25) is 19.1 Å². The number of aromatic nitrogens is 2. The van der Waals surface area contributed by atoms with Crippen LogP contribution in [0.1, 0.15) is 54.4 Å². The third-order valence-electron chi connectivity index (χ3n) is 5.93. The molecule has 0 unspecified atom stereocenters. The zero-order valence-corrected chi connectivity index (χ0v) is 21.0. The van der Waals surface area contributed by atoms with Gasteiger partial charge in [-0.1, -0.05) is 43.7 Å². The summed E-state index contributed by atoms with van der Waals surface area (Å²) in [6.45, 7) is 13.8. The molecule has 0 atom stereocenters. The third-order valence-corrected chi connectivity index (χ3v) is 6.91. The van der Waals surface area contributed by atoms with Crippen LogP contribution in [0.4, 0.5) is 0 Å². The minimum atomic E-state index is -0.636. The van der Waals surface area contributed by atoms with E-state index in [0.717, 1.165) is 6.54 Å². The highest BCUT2D eigenvalue weighted by Crippen LogP contribution is 2.20. The first kappa shape index (κ1) is 26.0. The van der Waals surface area contributed by atoms with Gasteiger partial charge in [0.05, 0.1) is 16.7 Å². The van der Waals surface area contributed by atoms with E-state index in [9.17, 15) is 9.59 Å². The van der Waals surface area contributed by atoms with E-state index >= 15 is 0 Å². The number of nitrogens with one attached hydrogen (secondary N) is 1. The van der Waals surface area contributed by atoms with E-state index in [1.807, 2.05) is 32.0 Å². The van der Waals surface area contributed by atoms with Crippen molar-refractivity contribution in [2.75, 3.05) is 12.3 Å². The smallest absolute Gasteiger partial charge is 0.262 e. The molecular formula is C25H36N4O2S. The van der Waals surface area contributed by atoms with Crippen molar-refractivity contribution in [1.82, 2.24) is 19.8 Å². The molecule has 1 N–H and O–H groups in total. The molecule has 1 amide bonds. The fourth-order valence-corrected chi connectivity index (χ4v) is 4.71. The minimum Gasteiger partial charge on any atom is -0.339 e. The molecule has 6 nitrogen and oxygen atoms in total. The Labute approximate surface area is 196 Å². The molecule has 0 aliphatic rings. The molecule has 0 aliphatic carbocycles. The summed E-state index contributed by atoms with van der Waals surface area (Å²) in [6.07, 6.45) is 7.00. The first-order chi connectivity index (χ1) is 15.2. The molecular weight excluding hydrogens is 420 g/mol. The van der Waals surface area contributed by atoms with Crippen LogP contribution < -0.4 is 10.9 Å². The summed E-state index contributed by atoms with van der Waals surface area (Å²) >= 11 is 1.28. The SMILES string of the molecule is C#CC(CC)(CC)NC(=O)CSc1nc2ccccc2c(=O)n1CCN(C(C)C)C(C)C. The maximum Gasteiger partial charge on any atom is 0.262 e. The van der Waals surface area contributed by atoms with Crippen LogP contribution in [0.3, 0.4) is 0 Å². The normalized spacial score (nSPS) is 12.0. The van der Waals surface area contributed by atoms with Crippen molar-refractivity contribution in [1.29, 1.82) is 0 Å². The molecule has 0 saturated carbocycles. The van der Waals surface area contributed by atoms with Crippen molar-refractivity contribution in [3.8, 4) is 12.3 Å². The van der Waals surface area contributed by atoms with E-state index < -0.39 is 5.54 Å². The number of para-hydroxylation sites is 1. The summed E-state index contributed by atoms with van der Waals surface area (Å²) < 4.78 is 1.70. The molecule has 0 aliphatic heterocycles. The summed E-state index contributed by atoms with van der Waals surface area (Å²) in [5.41, 5.74) is -0.0734. The first-order valence-corrected chi connectivity index (χ1v) is 12.3. The summed E-state index contributed by atoms with van der Waals surface area (Å²) in [5, 5.41) is 4.12. The lowest BCUT2D eigenvalue weighted by molar-refractivity contribution is -0.119. The molecule has 1 aromatic heterocycles.